The first-order chi connectivity index (χ1) is 16.2. The Hall–Kier alpha value is -2.54. The fourth-order valence-corrected chi connectivity index (χ4v) is 4.12. The summed E-state index contributed by atoms with van der Waals surface area (Å²) >= 11 is 17.8. The Labute approximate surface area is 215 Å². The fourth-order valence-electron chi connectivity index (χ4n) is 3.43. The molecular weight excluding hydrogens is 529 g/mol. The van der Waals surface area contributed by atoms with E-state index in [-0.39, 0.29) is 33.0 Å². The summed E-state index contributed by atoms with van der Waals surface area (Å²) in [5.41, 5.74) is -2.28. The van der Waals surface area contributed by atoms with Gasteiger partial charge in [0.15, 0.2) is 5.60 Å². The van der Waals surface area contributed by atoms with Crippen molar-refractivity contribution >= 4 is 71.6 Å². The summed E-state index contributed by atoms with van der Waals surface area (Å²) in [6.45, 7) is 3.11. The summed E-state index contributed by atoms with van der Waals surface area (Å²) in [6.07, 6.45) is -1.64. The van der Waals surface area contributed by atoms with E-state index in [1.165, 1.54) is 12.1 Å². The molecule has 0 radical (unpaired) electrons. The number of carboxylic acid groups (broad SMARTS) is 2. The lowest BCUT2D eigenvalue weighted by Crippen LogP contribution is -2.51. The molecule has 1 saturated heterocycles. The van der Waals surface area contributed by atoms with Gasteiger partial charge in [-0.05, 0) is 24.5 Å². The number of hydrogen-bond acceptors (Lipinski definition) is 7. The number of aliphatic carboxylic acids is 2. The minimum absolute atomic E-state index is 0.0430. The third-order valence-electron chi connectivity index (χ3n) is 4.86. The van der Waals surface area contributed by atoms with E-state index in [2.05, 4.69) is 10.6 Å². The molecule has 0 bridgehead atoms. The molecule has 1 fully saturated rings. The molecule has 15 heteroatoms. The molecular formula is C20H22BCl3N2O9. The minimum Gasteiger partial charge on any atom is -0.506 e. The molecule has 0 aromatic heterocycles. The van der Waals surface area contributed by atoms with Crippen LogP contribution < -0.4 is 10.6 Å². The normalized spacial score (nSPS) is 15.5. The van der Waals surface area contributed by atoms with Gasteiger partial charge in [-0.3, -0.25) is 24.0 Å². The Morgan fingerprint density at radius 3 is 2.23 bits per heavy atom. The molecule has 190 valence electrons. The Kier molecular flexibility index (Phi) is 9.79. The van der Waals surface area contributed by atoms with E-state index in [1.807, 2.05) is 13.8 Å². The molecule has 0 spiro atoms. The quantitative estimate of drug-likeness (QED) is 0.238. The topological polar surface area (TPSA) is 168 Å². The van der Waals surface area contributed by atoms with Crippen molar-refractivity contribution in [2.24, 2.45) is 5.92 Å². The van der Waals surface area contributed by atoms with Crippen LogP contribution in [0.15, 0.2) is 12.1 Å². The summed E-state index contributed by atoms with van der Waals surface area (Å²) in [4.78, 5) is 59.9. The van der Waals surface area contributed by atoms with E-state index in [1.54, 1.807) is 0 Å². The maximum absolute atomic E-state index is 12.5. The van der Waals surface area contributed by atoms with Crippen LogP contribution in [0.3, 0.4) is 0 Å². The molecule has 0 unspecified atom stereocenters. The Morgan fingerprint density at radius 1 is 1.09 bits per heavy atom. The molecule has 1 heterocycles. The lowest BCUT2D eigenvalue weighted by molar-refractivity contribution is -0.157. The maximum Gasteiger partial charge on any atom is 0.552 e. The number of carboxylic acids is 2. The largest absolute Gasteiger partial charge is 0.552 e. The predicted molar refractivity (Wildman–Crippen MR) is 125 cm³/mol. The first-order valence-electron chi connectivity index (χ1n) is 10.3. The SMILES string of the molecule is CC(C)C[C@H](NC(=O)CNC(=O)c1cc(Cl)cc(Cl)c1Cl)B1OC(=O)C(CC(=O)O)(CC(=O)O)O1. The van der Waals surface area contributed by atoms with Crippen LogP contribution in [0.25, 0.3) is 0 Å². The van der Waals surface area contributed by atoms with Gasteiger partial charge in [-0.2, -0.15) is 0 Å². The summed E-state index contributed by atoms with van der Waals surface area (Å²) in [6, 6.07) is 2.63. The first kappa shape index (κ1) is 28.7. The van der Waals surface area contributed by atoms with Gasteiger partial charge in [0.25, 0.3) is 5.91 Å². The van der Waals surface area contributed by atoms with Crippen LogP contribution in [-0.4, -0.2) is 65.1 Å². The van der Waals surface area contributed by atoms with Crippen molar-refractivity contribution in [3.63, 3.8) is 0 Å². The highest BCUT2D eigenvalue weighted by atomic mass is 35.5. The molecule has 4 N–H and O–H groups in total. The summed E-state index contributed by atoms with van der Waals surface area (Å²) in [5, 5.41) is 23.4. The second-order valence-electron chi connectivity index (χ2n) is 8.26. The zero-order valence-electron chi connectivity index (χ0n) is 18.6. The smallest absolute Gasteiger partial charge is 0.506 e. The maximum atomic E-state index is 12.5. The van der Waals surface area contributed by atoms with Crippen LogP contribution in [0, 0.1) is 5.92 Å². The van der Waals surface area contributed by atoms with E-state index in [9.17, 15) is 24.0 Å². The Balaban J connectivity index is 2.12. The number of benzene rings is 1. The van der Waals surface area contributed by atoms with E-state index in [4.69, 9.17) is 54.3 Å². The van der Waals surface area contributed by atoms with Gasteiger partial charge in [0.2, 0.25) is 5.91 Å². The average Bonchev–Trinajstić information content (AvgIpc) is 3.02. The monoisotopic (exact) mass is 550 g/mol. The van der Waals surface area contributed by atoms with Crippen molar-refractivity contribution in [1.29, 1.82) is 0 Å². The molecule has 35 heavy (non-hydrogen) atoms. The summed E-state index contributed by atoms with van der Waals surface area (Å²) in [5.74, 6) is -6.50. The third-order valence-corrected chi connectivity index (χ3v) is 5.88. The molecule has 1 atom stereocenters. The lowest BCUT2D eigenvalue weighted by atomic mass is 9.74. The third kappa shape index (κ3) is 7.73. The van der Waals surface area contributed by atoms with Gasteiger partial charge in [0, 0.05) is 5.02 Å². The second kappa shape index (κ2) is 11.9. The Morgan fingerprint density at radius 2 is 1.69 bits per heavy atom. The zero-order valence-corrected chi connectivity index (χ0v) is 20.9. The van der Waals surface area contributed by atoms with E-state index < -0.39 is 67.8 Å². The number of hydrogen-bond donors (Lipinski definition) is 4. The molecule has 0 aliphatic carbocycles. The van der Waals surface area contributed by atoms with Crippen LogP contribution >= 0.6 is 34.8 Å². The number of rotatable bonds is 11. The van der Waals surface area contributed by atoms with Gasteiger partial charge in [0.1, 0.15) is 0 Å². The van der Waals surface area contributed by atoms with Gasteiger partial charge in [0.05, 0.1) is 40.9 Å². The summed E-state index contributed by atoms with van der Waals surface area (Å²) in [7, 11) is -1.44. The van der Waals surface area contributed by atoms with Crippen molar-refractivity contribution in [2.75, 3.05) is 6.54 Å². The number of carbonyl (C=O) groups is 5. The van der Waals surface area contributed by atoms with Crippen molar-refractivity contribution < 1.29 is 43.5 Å². The standard InChI is InChI=1S/C20H22BCl3N2O9/c1-9(2)3-13(21-34-19(33)20(35-21,6-15(28)29)7-16(30)31)26-14(27)8-25-18(32)11-4-10(22)5-12(23)17(11)24/h4-5,9,13H,3,6-8H2,1-2H3,(H,25,32)(H,26,27)(H,28,29)(H,30,31)/t13-/m0/s1. The highest BCUT2D eigenvalue weighted by Gasteiger charge is 2.57. The number of halogens is 3. The van der Waals surface area contributed by atoms with Gasteiger partial charge < -0.3 is 30.2 Å². The van der Waals surface area contributed by atoms with Crippen LogP contribution in [0.5, 0.6) is 0 Å². The van der Waals surface area contributed by atoms with Crippen LogP contribution in [-0.2, 0) is 28.5 Å². The molecule has 0 saturated carbocycles. The van der Waals surface area contributed by atoms with Crippen LogP contribution in [0.1, 0.15) is 43.5 Å². The van der Waals surface area contributed by atoms with Gasteiger partial charge >= 0.3 is 25.0 Å². The highest BCUT2D eigenvalue weighted by Crippen LogP contribution is 2.32. The minimum atomic E-state index is -2.24. The van der Waals surface area contributed by atoms with E-state index in [0.717, 1.165) is 0 Å². The van der Waals surface area contributed by atoms with Crippen molar-refractivity contribution in [3.05, 3.63) is 32.8 Å². The van der Waals surface area contributed by atoms with Crippen molar-refractivity contribution in [3.8, 4) is 0 Å². The zero-order chi connectivity index (χ0) is 26.5. The predicted octanol–water partition coefficient (Wildman–Crippen LogP) is 2.20. The second-order valence-corrected chi connectivity index (χ2v) is 9.48. The molecule has 1 aliphatic heterocycles. The molecule has 11 nitrogen and oxygen atoms in total. The molecule has 2 rings (SSSR count). The van der Waals surface area contributed by atoms with E-state index >= 15 is 0 Å². The molecule has 1 aromatic carbocycles. The van der Waals surface area contributed by atoms with Gasteiger partial charge in [-0.25, -0.2) is 0 Å². The van der Waals surface area contributed by atoms with Crippen molar-refractivity contribution in [2.45, 2.75) is 44.7 Å². The molecule has 2 amide bonds. The molecule has 1 aromatic rings. The average molecular weight is 552 g/mol. The van der Waals surface area contributed by atoms with Crippen molar-refractivity contribution in [1.82, 2.24) is 10.6 Å². The first-order valence-corrected chi connectivity index (χ1v) is 11.4. The summed E-state index contributed by atoms with van der Waals surface area (Å²) < 4.78 is 10.6. The van der Waals surface area contributed by atoms with Crippen LogP contribution in [0.4, 0.5) is 0 Å². The highest BCUT2D eigenvalue weighted by molar-refractivity contribution is 6.52. The number of carbonyl (C=O) groups excluding carboxylic acids is 3. The van der Waals surface area contributed by atoms with Gasteiger partial charge in [-0.1, -0.05) is 48.7 Å². The van der Waals surface area contributed by atoms with Gasteiger partial charge in [-0.15, -0.1) is 0 Å². The fraction of sp³-hybridized carbons (Fsp3) is 0.450. The number of amides is 2. The van der Waals surface area contributed by atoms with Crippen LogP contribution in [0.2, 0.25) is 15.1 Å². The molecule has 1 aliphatic rings. The van der Waals surface area contributed by atoms with E-state index in [0.29, 0.717) is 0 Å². The lowest BCUT2D eigenvalue weighted by Gasteiger charge is -2.24. The Bertz CT molecular complexity index is 1020. The number of nitrogens with one attached hydrogen (secondary N) is 2.